The van der Waals surface area contributed by atoms with E-state index >= 15 is 0 Å². The third kappa shape index (κ3) is 3.89. The number of fused-ring (bicyclic) bond motifs is 1. The van der Waals surface area contributed by atoms with E-state index in [2.05, 4.69) is 22.8 Å². The van der Waals surface area contributed by atoms with Gasteiger partial charge in [0.15, 0.2) is 11.5 Å². The first kappa shape index (κ1) is 13.2. The first-order valence-electron chi connectivity index (χ1n) is 6.64. The number of benzene rings is 1. The fraction of sp³-hybridized carbons (Fsp3) is 0.571. The van der Waals surface area contributed by atoms with Gasteiger partial charge >= 0.3 is 0 Å². The van der Waals surface area contributed by atoms with Crippen molar-refractivity contribution in [1.29, 1.82) is 0 Å². The molecule has 4 nitrogen and oxygen atoms in total. The van der Waals surface area contributed by atoms with Gasteiger partial charge in [0, 0.05) is 0 Å². The van der Waals surface area contributed by atoms with Gasteiger partial charge in [-0.15, -0.1) is 0 Å². The van der Waals surface area contributed by atoms with E-state index in [0.29, 0.717) is 13.2 Å². The molecule has 0 saturated carbocycles. The summed E-state index contributed by atoms with van der Waals surface area (Å²) in [6.07, 6.45) is 2.19. The Balaban J connectivity index is 1.72. The molecule has 0 aliphatic carbocycles. The fourth-order valence-corrected chi connectivity index (χ4v) is 1.99. The predicted molar refractivity (Wildman–Crippen MR) is 72.5 cm³/mol. The predicted octanol–water partition coefficient (Wildman–Crippen LogP) is 1.20. The molecule has 18 heavy (non-hydrogen) atoms. The van der Waals surface area contributed by atoms with Crippen LogP contribution in [-0.2, 0) is 6.42 Å². The van der Waals surface area contributed by atoms with Gasteiger partial charge in [-0.25, -0.2) is 0 Å². The molecule has 0 fully saturated rings. The van der Waals surface area contributed by atoms with Crippen LogP contribution in [0.5, 0.6) is 11.5 Å². The maximum absolute atomic E-state index is 5.57. The highest BCUT2D eigenvalue weighted by Gasteiger charge is 2.11. The molecule has 0 saturated heterocycles. The molecule has 0 amide bonds. The Morgan fingerprint density at radius 1 is 1.06 bits per heavy atom. The third-order valence-corrected chi connectivity index (χ3v) is 2.98. The molecule has 1 aliphatic heterocycles. The fourth-order valence-electron chi connectivity index (χ4n) is 1.99. The van der Waals surface area contributed by atoms with Gasteiger partial charge in [-0.3, -0.25) is 0 Å². The van der Waals surface area contributed by atoms with E-state index in [9.17, 15) is 0 Å². The summed E-state index contributed by atoms with van der Waals surface area (Å²) in [4.78, 5) is 0. The van der Waals surface area contributed by atoms with E-state index < -0.39 is 0 Å². The van der Waals surface area contributed by atoms with Crippen molar-refractivity contribution in [3.8, 4) is 11.5 Å². The van der Waals surface area contributed by atoms with Crippen LogP contribution in [0.2, 0.25) is 0 Å². The molecule has 0 bridgehead atoms. The monoisotopic (exact) mass is 250 g/mol. The van der Waals surface area contributed by atoms with Gasteiger partial charge < -0.3 is 20.1 Å². The smallest absolute Gasteiger partial charge is 0.161 e. The minimum Gasteiger partial charge on any atom is -0.486 e. The maximum Gasteiger partial charge on any atom is 0.161 e. The second kappa shape index (κ2) is 7.24. The molecule has 2 rings (SSSR count). The molecule has 1 aromatic rings. The van der Waals surface area contributed by atoms with Gasteiger partial charge in [0.1, 0.15) is 13.2 Å². The Hall–Kier alpha value is -1.26. The van der Waals surface area contributed by atoms with Crippen molar-refractivity contribution in [3.05, 3.63) is 23.8 Å². The molecule has 1 aliphatic rings. The van der Waals surface area contributed by atoms with Crippen LogP contribution in [0.3, 0.4) is 0 Å². The van der Waals surface area contributed by atoms with Crippen molar-refractivity contribution >= 4 is 0 Å². The first-order chi connectivity index (χ1) is 8.90. The van der Waals surface area contributed by atoms with Crippen LogP contribution in [0.15, 0.2) is 18.2 Å². The minimum absolute atomic E-state index is 0.652. The standard InChI is InChI=1S/C14H22N2O2/c1-15-6-2-7-16-8-5-12-3-4-13-14(11-12)18-10-9-17-13/h3-4,11,15-16H,2,5-10H2,1H3. The summed E-state index contributed by atoms with van der Waals surface area (Å²) in [5.74, 6) is 1.75. The molecule has 0 radical (unpaired) electrons. The molecule has 1 aromatic carbocycles. The van der Waals surface area contributed by atoms with Crippen LogP contribution in [0.1, 0.15) is 12.0 Å². The van der Waals surface area contributed by atoms with Crippen LogP contribution in [0.25, 0.3) is 0 Å². The second-order valence-electron chi connectivity index (χ2n) is 4.44. The molecule has 0 unspecified atom stereocenters. The number of nitrogens with one attached hydrogen (secondary N) is 2. The van der Waals surface area contributed by atoms with Gasteiger partial charge in [-0.1, -0.05) is 6.07 Å². The minimum atomic E-state index is 0.652. The molecular formula is C14H22N2O2. The van der Waals surface area contributed by atoms with Gasteiger partial charge in [-0.2, -0.15) is 0 Å². The van der Waals surface area contributed by atoms with E-state index in [4.69, 9.17) is 9.47 Å². The van der Waals surface area contributed by atoms with E-state index in [0.717, 1.165) is 44.0 Å². The van der Waals surface area contributed by atoms with Crippen molar-refractivity contribution in [1.82, 2.24) is 10.6 Å². The summed E-state index contributed by atoms with van der Waals surface area (Å²) >= 11 is 0. The Bertz CT molecular complexity index is 369. The molecule has 100 valence electrons. The lowest BCUT2D eigenvalue weighted by Crippen LogP contribution is -2.22. The quantitative estimate of drug-likeness (QED) is 0.714. The molecule has 2 N–H and O–H groups in total. The maximum atomic E-state index is 5.57. The van der Waals surface area contributed by atoms with Crippen molar-refractivity contribution in [2.45, 2.75) is 12.8 Å². The van der Waals surface area contributed by atoms with E-state index in [1.54, 1.807) is 0 Å². The van der Waals surface area contributed by atoms with Gasteiger partial charge in [-0.05, 0) is 57.2 Å². The Morgan fingerprint density at radius 3 is 2.72 bits per heavy atom. The lowest BCUT2D eigenvalue weighted by molar-refractivity contribution is 0.171. The number of ether oxygens (including phenoxy) is 2. The highest BCUT2D eigenvalue weighted by molar-refractivity contribution is 5.43. The largest absolute Gasteiger partial charge is 0.486 e. The SMILES string of the molecule is CNCCCNCCc1ccc2c(c1)OCCO2. The second-order valence-corrected chi connectivity index (χ2v) is 4.44. The summed E-state index contributed by atoms with van der Waals surface area (Å²) in [5.41, 5.74) is 1.29. The summed E-state index contributed by atoms with van der Waals surface area (Å²) in [6, 6.07) is 6.21. The van der Waals surface area contributed by atoms with Crippen LogP contribution < -0.4 is 20.1 Å². The van der Waals surface area contributed by atoms with Crippen LogP contribution in [0.4, 0.5) is 0 Å². The van der Waals surface area contributed by atoms with Gasteiger partial charge in [0.2, 0.25) is 0 Å². The van der Waals surface area contributed by atoms with Crippen molar-refractivity contribution in [2.75, 3.05) is 39.9 Å². The summed E-state index contributed by atoms with van der Waals surface area (Å²) in [6.45, 7) is 4.43. The summed E-state index contributed by atoms with van der Waals surface area (Å²) < 4.78 is 11.1. The van der Waals surface area contributed by atoms with Crippen molar-refractivity contribution in [3.63, 3.8) is 0 Å². The molecule has 0 atom stereocenters. The van der Waals surface area contributed by atoms with Crippen molar-refractivity contribution < 1.29 is 9.47 Å². The summed E-state index contributed by atoms with van der Waals surface area (Å²) in [7, 11) is 1.98. The Labute approximate surface area is 109 Å². The summed E-state index contributed by atoms with van der Waals surface area (Å²) in [5, 5.41) is 6.58. The molecule has 1 heterocycles. The Kier molecular flexibility index (Phi) is 5.30. The Morgan fingerprint density at radius 2 is 1.89 bits per heavy atom. The van der Waals surface area contributed by atoms with Crippen LogP contribution >= 0.6 is 0 Å². The average Bonchev–Trinajstić information content (AvgIpc) is 2.42. The number of rotatable bonds is 7. The zero-order chi connectivity index (χ0) is 12.6. The first-order valence-corrected chi connectivity index (χ1v) is 6.64. The normalized spacial score (nSPS) is 13.6. The van der Waals surface area contributed by atoms with Crippen LogP contribution in [0, 0.1) is 0 Å². The van der Waals surface area contributed by atoms with Crippen molar-refractivity contribution in [2.24, 2.45) is 0 Å². The average molecular weight is 250 g/mol. The lowest BCUT2D eigenvalue weighted by atomic mass is 10.1. The number of hydrogen-bond donors (Lipinski definition) is 2. The van der Waals surface area contributed by atoms with Crippen LogP contribution in [-0.4, -0.2) is 39.9 Å². The van der Waals surface area contributed by atoms with E-state index in [1.807, 2.05) is 13.1 Å². The molecule has 0 aromatic heterocycles. The van der Waals surface area contributed by atoms with E-state index in [1.165, 1.54) is 5.56 Å². The van der Waals surface area contributed by atoms with Gasteiger partial charge in [0.05, 0.1) is 0 Å². The molecule has 4 heteroatoms. The number of hydrogen-bond acceptors (Lipinski definition) is 4. The highest BCUT2D eigenvalue weighted by atomic mass is 16.6. The zero-order valence-corrected chi connectivity index (χ0v) is 11.0. The molecular weight excluding hydrogens is 228 g/mol. The zero-order valence-electron chi connectivity index (χ0n) is 11.0. The third-order valence-electron chi connectivity index (χ3n) is 2.98. The van der Waals surface area contributed by atoms with E-state index in [-0.39, 0.29) is 0 Å². The van der Waals surface area contributed by atoms with Gasteiger partial charge in [0.25, 0.3) is 0 Å². The highest BCUT2D eigenvalue weighted by Crippen LogP contribution is 2.30. The topological polar surface area (TPSA) is 42.5 Å². The molecule has 0 spiro atoms. The lowest BCUT2D eigenvalue weighted by Gasteiger charge is -2.18.